The Morgan fingerprint density at radius 2 is 2.00 bits per heavy atom. The van der Waals surface area contributed by atoms with Gasteiger partial charge in [-0.15, -0.1) is 0 Å². The van der Waals surface area contributed by atoms with Crippen LogP contribution in [0.4, 0.5) is 0 Å². The third kappa shape index (κ3) is 6.78. The van der Waals surface area contributed by atoms with Crippen molar-refractivity contribution in [3.8, 4) is 0 Å². The molecule has 1 aromatic carbocycles. The SMILES string of the molecule is O=C(/C=C/c1ccccc1)OCCO.[Ce]. The first-order valence-corrected chi connectivity index (χ1v) is 4.33. The van der Waals surface area contributed by atoms with Crippen molar-refractivity contribution >= 4 is 12.0 Å². The Labute approximate surface area is 123 Å². The number of esters is 1. The third-order valence-electron chi connectivity index (χ3n) is 1.55. The minimum atomic E-state index is -0.442. The van der Waals surface area contributed by atoms with Crippen molar-refractivity contribution in [3.05, 3.63) is 42.0 Å². The van der Waals surface area contributed by atoms with Crippen molar-refractivity contribution in [2.75, 3.05) is 13.2 Å². The van der Waals surface area contributed by atoms with Gasteiger partial charge in [-0.05, 0) is 11.6 Å². The Morgan fingerprint density at radius 1 is 1.33 bits per heavy atom. The number of benzene rings is 1. The summed E-state index contributed by atoms with van der Waals surface area (Å²) in [5, 5.41) is 8.40. The van der Waals surface area contributed by atoms with Gasteiger partial charge in [-0.1, -0.05) is 30.3 Å². The van der Waals surface area contributed by atoms with E-state index in [2.05, 4.69) is 4.74 Å². The molecule has 0 unspecified atom stereocenters. The molecule has 1 N–H and O–H groups in total. The van der Waals surface area contributed by atoms with Gasteiger partial charge in [0, 0.05) is 47.8 Å². The summed E-state index contributed by atoms with van der Waals surface area (Å²) in [5.41, 5.74) is 0.938. The third-order valence-corrected chi connectivity index (χ3v) is 1.55. The van der Waals surface area contributed by atoms with Crippen molar-refractivity contribution in [1.29, 1.82) is 0 Å². The maximum absolute atomic E-state index is 11.0. The molecule has 0 bridgehead atoms. The molecule has 0 amide bonds. The van der Waals surface area contributed by atoms with E-state index < -0.39 is 5.97 Å². The van der Waals surface area contributed by atoms with Gasteiger partial charge in [0.25, 0.3) is 0 Å². The Bertz CT molecular complexity index is 309. The molecule has 0 heterocycles. The van der Waals surface area contributed by atoms with Gasteiger partial charge in [0.1, 0.15) is 6.61 Å². The summed E-state index contributed by atoms with van der Waals surface area (Å²) in [6.45, 7) is -0.108. The molecule has 15 heavy (non-hydrogen) atoms. The van der Waals surface area contributed by atoms with Crippen LogP contribution >= 0.6 is 0 Å². The molecule has 3 nitrogen and oxygen atoms in total. The van der Waals surface area contributed by atoms with Gasteiger partial charge >= 0.3 is 5.97 Å². The fraction of sp³-hybridized carbons (Fsp3) is 0.182. The molecule has 4 heteroatoms. The first-order chi connectivity index (χ1) is 6.83. The van der Waals surface area contributed by atoms with Gasteiger partial charge in [0.15, 0.2) is 0 Å². The number of carbonyl (C=O) groups excluding carboxylic acids is 1. The number of rotatable bonds is 4. The summed E-state index contributed by atoms with van der Waals surface area (Å²) in [7, 11) is 0. The van der Waals surface area contributed by atoms with Gasteiger partial charge in [-0.25, -0.2) is 4.79 Å². The van der Waals surface area contributed by atoms with Gasteiger partial charge in [0.05, 0.1) is 6.61 Å². The van der Waals surface area contributed by atoms with E-state index in [0.29, 0.717) is 0 Å². The van der Waals surface area contributed by atoms with Crippen molar-refractivity contribution in [3.63, 3.8) is 0 Å². The number of ether oxygens (including phenoxy) is 1. The van der Waals surface area contributed by atoms with Gasteiger partial charge in [0.2, 0.25) is 0 Å². The molecule has 0 saturated carbocycles. The van der Waals surface area contributed by atoms with E-state index in [9.17, 15) is 4.79 Å². The maximum Gasteiger partial charge on any atom is 0.330 e. The second-order valence-electron chi connectivity index (χ2n) is 2.64. The standard InChI is InChI=1S/C11H12O3.Ce/c12-8-9-14-11(13)7-6-10-4-2-1-3-5-10;/h1-7,12H,8-9H2;/b7-6+;. The molecule has 0 aromatic heterocycles. The predicted octanol–water partition coefficient (Wildman–Crippen LogP) is 1.24. The molecule has 0 saturated heterocycles. The zero-order chi connectivity index (χ0) is 10.2. The van der Waals surface area contributed by atoms with Gasteiger partial charge in [-0.2, -0.15) is 0 Å². The largest absolute Gasteiger partial charge is 0.460 e. The molecular formula is C11H12CeO3. The summed E-state index contributed by atoms with van der Waals surface area (Å²) in [6, 6.07) is 9.45. The molecule has 0 aliphatic rings. The number of carbonyl (C=O) groups is 1. The summed E-state index contributed by atoms with van der Waals surface area (Å²) < 4.78 is 4.64. The smallest absolute Gasteiger partial charge is 0.330 e. The molecule has 1 aromatic rings. The van der Waals surface area contributed by atoms with Gasteiger partial charge < -0.3 is 9.84 Å². The second-order valence-corrected chi connectivity index (χ2v) is 2.64. The van der Waals surface area contributed by atoms with Crippen LogP contribution in [0.25, 0.3) is 6.08 Å². The van der Waals surface area contributed by atoms with E-state index in [1.54, 1.807) is 6.08 Å². The average Bonchev–Trinajstić information content (AvgIpc) is 2.25. The van der Waals surface area contributed by atoms with Gasteiger partial charge in [-0.3, -0.25) is 0 Å². The fourth-order valence-electron chi connectivity index (χ4n) is 0.923. The maximum atomic E-state index is 11.0. The van der Waals surface area contributed by atoms with Crippen LogP contribution < -0.4 is 0 Å². The van der Waals surface area contributed by atoms with Crippen LogP contribution in [0.3, 0.4) is 0 Å². The van der Waals surface area contributed by atoms with E-state index in [1.807, 2.05) is 30.3 Å². The van der Waals surface area contributed by atoms with Crippen LogP contribution in [0.1, 0.15) is 5.56 Å². The van der Waals surface area contributed by atoms with E-state index in [-0.39, 0.29) is 55.0 Å². The Hall–Kier alpha value is -0.233. The zero-order valence-corrected chi connectivity index (χ0v) is 11.4. The van der Waals surface area contributed by atoms with E-state index in [1.165, 1.54) is 6.08 Å². The van der Waals surface area contributed by atoms with Crippen LogP contribution in [0.5, 0.6) is 0 Å². The van der Waals surface area contributed by atoms with Crippen molar-refractivity contribution < 1.29 is 56.4 Å². The molecular weight excluding hydrogens is 320 g/mol. The molecule has 0 aliphatic carbocycles. The molecule has 1 rings (SSSR count). The summed E-state index contributed by atoms with van der Waals surface area (Å²) >= 11 is 0. The summed E-state index contributed by atoms with van der Waals surface area (Å²) in [4.78, 5) is 11.0. The predicted molar refractivity (Wildman–Crippen MR) is 53.5 cm³/mol. The Kier molecular flexibility index (Phi) is 8.89. The minimum absolute atomic E-state index is 0. The Morgan fingerprint density at radius 3 is 2.60 bits per heavy atom. The molecule has 0 fully saturated rings. The summed E-state index contributed by atoms with van der Waals surface area (Å²) in [6.07, 6.45) is 3.00. The summed E-state index contributed by atoms with van der Waals surface area (Å²) in [5.74, 6) is -0.442. The molecule has 0 spiro atoms. The normalized spacial score (nSPS) is 9.67. The molecule has 0 radical (unpaired) electrons. The number of hydrogen-bond acceptors (Lipinski definition) is 3. The van der Waals surface area contributed by atoms with Crippen LogP contribution in [0.2, 0.25) is 0 Å². The van der Waals surface area contributed by atoms with Crippen LogP contribution in [-0.4, -0.2) is 24.3 Å². The van der Waals surface area contributed by atoms with Crippen molar-refractivity contribution in [2.45, 2.75) is 0 Å². The van der Waals surface area contributed by atoms with Crippen LogP contribution in [0.15, 0.2) is 36.4 Å². The number of aliphatic hydroxyl groups excluding tert-OH is 1. The number of hydrogen-bond donors (Lipinski definition) is 1. The van der Waals surface area contributed by atoms with Crippen LogP contribution in [0, 0.1) is 41.7 Å². The van der Waals surface area contributed by atoms with E-state index in [4.69, 9.17) is 5.11 Å². The quantitative estimate of drug-likeness (QED) is 0.666. The fourth-order valence-corrected chi connectivity index (χ4v) is 0.923. The second kappa shape index (κ2) is 9.03. The number of aliphatic hydroxyl groups is 1. The van der Waals surface area contributed by atoms with Crippen molar-refractivity contribution in [1.82, 2.24) is 0 Å². The topological polar surface area (TPSA) is 46.5 Å². The first-order valence-electron chi connectivity index (χ1n) is 4.33. The van der Waals surface area contributed by atoms with Crippen LogP contribution in [-0.2, 0) is 9.53 Å². The van der Waals surface area contributed by atoms with E-state index >= 15 is 0 Å². The molecule has 0 aliphatic heterocycles. The average molecular weight is 332 g/mol. The molecule has 78 valence electrons. The molecule has 0 atom stereocenters. The first kappa shape index (κ1) is 14.8. The van der Waals surface area contributed by atoms with E-state index in [0.717, 1.165) is 5.56 Å². The monoisotopic (exact) mass is 332 g/mol. The van der Waals surface area contributed by atoms with Crippen molar-refractivity contribution in [2.24, 2.45) is 0 Å². The minimum Gasteiger partial charge on any atom is -0.460 e. The Balaban J connectivity index is 0.00000196. The zero-order valence-electron chi connectivity index (χ0n) is 8.22.